The molecule has 0 radical (unpaired) electrons. The molecule has 3 aliphatic rings. The number of hydrogen-bond donors (Lipinski definition) is 5. The highest BCUT2D eigenvalue weighted by molar-refractivity contribution is 7.89. The van der Waals surface area contributed by atoms with Crippen molar-refractivity contribution in [1.29, 1.82) is 0 Å². The van der Waals surface area contributed by atoms with Crippen molar-refractivity contribution in [3.8, 4) is 0 Å². The van der Waals surface area contributed by atoms with Gasteiger partial charge >= 0.3 is 0 Å². The lowest BCUT2D eigenvalue weighted by atomic mass is 9.85. The summed E-state index contributed by atoms with van der Waals surface area (Å²) in [6.45, 7) is 10.7. The second kappa shape index (κ2) is 18.6. The van der Waals surface area contributed by atoms with Gasteiger partial charge in [-0.1, -0.05) is 51.5 Å². The maximum atomic E-state index is 13.6. The Balaban J connectivity index is 0.861. The van der Waals surface area contributed by atoms with Crippen LogP contribution < -0.4 is 31.3 Å². The minimum atomic E-state index is -3.97. The van der Waals surface area contributed by atoms with Gasteiger partial charge in [-0.3, -0.25) is 34.2 Å². The molecule has 2 saturated heterocycles. The molecular weight excluding hydrogens is 825 g/mol. The first-order chi connectivity index (χ1) is 30.0. The van der Waals surface area contributed by atoms with Gasteiger partial charge < -0.3 is 25.8 Å². The first kappa shape index (κ1) is 44.8. The average Bonchev–Trinajstić information content (AvgIpc) is 3.24. The van der Waals surface area contributed by atoms with Gasteiger partial charge in [-0.15, -0.1) is 0 Å². The van der Waals surface area contributed by atoms with Crippen molar-refractivity contribution >= 4 is 68.4 Å². The zero-order chi connectivity index (χ0) is 45.1. The molecular formula is C45H54N10O7S. The van der Waals surface area contributed by atoms with E-state index in [4.69, 9.17) is 10.1 Å². The van der Waals surface area contributed by atoms with E-state index in [1.165, 1.54) is 6.07 Å². The van der Waals surface area contributed by atoms with Crippen molar-refractivity contribution in [2.45, 2.75) is 88.6 Å². The molecule has 0 aliphatic carbocycles. The monoisotopic (exact) mass is 878 g/mol. The summed E-state index contributed by atoms with van der Waals surface area (Å²) in [7, 11) is -3.97. The van der Waals surface area contributed by atoms with E-state index in [0.29, 0.717) is 86.1 Å². The highest BCUT2D eigenvalue weighted by atomic mass is 32.2. The number of nitrogens with two attached hydrogens (primary N) is 1. The number of nitrogens with one attached hydrogen (secondary N) is 4. The SMILES string of the molecule is Cc1cnc(Nc2ccc(N3CCN(C(=O)CCCCCNC4C(=O)N(C5CCC(=O)NC5=O)C(=O)c5ccccc54)CC3)cc2)nc1Nc1cccc(S(N)(=O)=O)c1C(C)(C)C. The maximum absolute atomic E-state index is 13.6. The summed E-state index contributed by atoms with van der Waals surface area (Å²) >= 11 is 0. The smallest absolute Gasteiger partial charge is 0.261 e. The van der Waals surface area contributed by atoms with Gasteiger partial charge in [0, 0.05) is 79.0 Å². The lowest BCUT2D eigenvalue weighted by Gasteiger charge is -2.38. The topological polar surface area (TPSA) is 229 Å². The molecule has 18 heteroatoms. The molecule has 7 rings (SSSR count). The molecule has 0 spiro atoms. The van der Waals surface area contributed by atoms with E-state index >= 15 is 0 Å². The quantitative estimate of drug-likeness (QED) is 0.0867. The molecule has 4 aromatic rings. The third-order valence-corrected chi connectivity index (χ3v) is 12.5. The number of piperazine rings is 1. The van der Waals surface area contributed by atoms with Gasteiger partial charge in [0.1, 0.15) is 17.9 Å². The number of benzene rings is 3. The Morgan fingerprint density at radius 1 is 0.905 bits per heavy atom. The molecule has 0 saturated carbocycles. The molecule has 332 valence electrons. The van der Waals surface area contributed by atoms with Crippen LogP contribution in [0.15, 0.2) is 77.8 Å². The highest BCUT2D eigenvalue weighted by Gasteiger charge is 2.45. The van der Waals surface area contributed by atoms with Gasteiger partial charge in [-0.25, -0.2) is 18.5 Å². The number of carbonyl (C=O) groups excluding carboxylic acids is 5. The molecule has 2 atom stereocenters. The number of sulfonamides is 1. The number of anilines is 5. The highest BCUT2D eigenvalue weighted by Crippen LogP contribution is 2.37. The second-order valence-corrected chi connectivity index (χ2v) is 18.7. The largest absolute Gasteiger partial charge is 0.368 e. The summed E-state index contributed by atoms with van der Waals surface area (Å²) in [6.07, 6.45) is 4.40. The number of piperidine rings is 1. The van der Waals surface area contributed by atoms with Crippen LogP contribution >= 0.6 is 0 Å². The molecule has 6 N–H and O–H groups in total. The zero-order valence-corrected chi connectivity index (χ0v) is 36.8. The van der Waals surface area contributed by atoms with Crippen molar-refractivity contribution in [3.63, 3.8) is 0 Å². The van der Waals surface area contributed by atoms with E-state index in [1.54, 1.807) is 42.6 Å². The van der Waals surface area contributed by atoms with E-state index in [1.807, 2.05) is 56.9 Å². The number of fused-ring (bicyclic) bond motifs is 1. The summed E-state index contributed by atoms with van der Waals surface area (Å²) in [6, 6.07) is 17.9. The first-order valence-electron chi connectivity index (χ1n) is 21.2. The third-order valence-electron chi connectivity index (χ3n) is 11.6. The number of unbranched alkanes of at least 4 members (excludes halogenated alkanes) is 2. The number of hydrogen-bond acceptors (Lipinski definition) is 13. The Kier molecular flexibility index (Phi) is 13.2. The van der Waals surface area contributed by atoms with Crippen LogP contribution in [-0.2, 0) is 34.6 Å². The molecule has 3 aromatic carbocycles. The van der Waals surface area contributed by atoms with Crippen LogP contribution in [0.5, 0.6) is 0 Å². The van der Waals surface area contributed by atoms with Crippen molar-refractivity contribution < 1.29 is 32.4 Å². The first-order valence-corrected chi connectivity index (χ1v) is 22.7. The predicted octanol–water partition coefficient (Wildman–Crippen LogP) is 4.54. The van der Waals surface area contributed by atoms with Crippen molar-refractivity contribution in [3.05, 3.63) is 95.2 Å². The average molecular weight is 879 g/mol. The van der Waals surface area contributed by atoms with Crippen molar-refractivity contribution in [2.75, 3.05) is 48.3 Å². The Hall–Kier alpha value is -6.24. The van der Waals surface area contributed by atoms with Gasteiger partial charge in [0.05, 0.1) is 4.90 Å². The Labute approximate surface area is 367 Å². The lowest BCUT2D eigenvalue weighted by molar-refractivity contribution is -0.144. The summed E-state index contributed by atoms with van der Waals surface area (Å²) < 4.78 is 24.9. The molecule has 63 heavy (non-hydrogen) atoms. The summed E-state index contributed by atoms with van der Waals surface area (Å²) in [5.74, 6) is -1.14. The molecule has 2 fully saturated rings. The Bertz CT molecular complexity index is 2520. The normalized spacial score (nSPS) is 18.3. The van der Waals surface area contributed by atoms with Gasteiger partial charge in [0.25, 0.3) is 11.8 Å². The summed E-state index contributed by atoms with van der Waals surface area (Å²) in [5, 5.41) is 17.7. The standard InChI is InChI=1S/C45H54N10O7S/c1-28-27-48-44(52-40(28)50-33-13-10-14-35(63(46,61)62)38(33)45(2,3)4)49-29-16-18-30(19-17-29)53-23-25-54(26-24-53)37(57)15-6-5-9-22-47-39-31-11-7-8-12-32(31)42(59)55(43(39)60)34-20-21-36(56)51-41(34)58/h7-8,10-14,16-19,27,34,39,47H,5-6,9,15,20-26H2,1-4H3,(H2,46,61,62)(H,51,56,58)(H2,48,49,50,52). The molecule has 1 aromatic heterocycles. The van der Waals surface area contributed by atoms with Crippen LogP contribution in [-0.4, -0.2) is 96.5 Å². The fourth-order valence-electron chi connectivity index (χ4n) is 8.35. The van der Waals surface area contributed by atoms with E-state index < -0.39 is 51.2 Å². The molecule has 2 unspecified atom stereocenters. The van der Waals surface area contributed by atoms with Crippen LogP contribution in [0, 0.1) is 6.92 Å². The Morgan fingerprint density at radius 2 is 1.63 bits per heavy atom. The molecule has 17 nitrogen and oxygen atoms in total. The molecule has 0 bridgehead atoms. The van der Waals surface area contributed by atoms with E-state index in [-0.39, 0.29) is 23.6 Å². The van der Waals surface area contributed by atoms with Crippen LogP contribution in [0.4, 0.5) is 28.8 Å². The minimum Gasteiger partial charge on any atom is -0.368 e. The number of carbonyl (C=O) groups is 5. The fraction of sp³-hybridized carbons (Fsp3) is 0.400. The number of nitrogens with zero attached hydrogens (tertiary/aromatic N) is 5. The molecule has 3 aliphatic heterocycles. The van der Waals surface area contributed by atoms with E-state index in [9.17, 15) is 32.4 Å². The maximum Gasteiger partial charge on any atom is 0.261 e. The van der Waals surface area contributed by atoms with Crippen molar-refractivity contribution in [1.82, 2.24) is 30.4 Å². The number of rotatable bonds is 14. The number of primary sulfonamides is 1. The van der Waals surface area contributed by atoms with E-state index in [0.717, 1.165) is 28.3 Å². The summed E-state index contributed by atoms with van der Waals surface area (Å²) in [4.78, 5) is 78.8. The second-order valence-electron chi connectivity index (χ2n) is 17.1. The van der Waals surface area contributed by atoms with Gasteiger partial charge in [-0.05, 0) is 86.2 Å². The van der Waals surface area contributed by atoms with Gasteiger partial charge in [-0.2, -0.15) is 4.98 Å². The van der Waals surface area contributed by atoms with Crippen LogP contribution in [0.25, 0.3) is 0 Å². The molecule has 4 heterocycles. The van der Waals surface area contributed by atoms with E-state index in [2.05, 4.69) is 31.2 Å². The fourth-order valence-corrected chi connectivity index (χ4v) is 9.32. The summed E-state index contributed by atoms with van der Waals surface area (Å²) in [5.41, 5.74) is 4.10. The lowest BCUT2D eigenvalue weighted by Crippen LogP contribution is -2.60. The molecule has 5 amide bonds. The Morgan fingerprint density at radius 3 is 2.33 bits per heavy atom. The number of aryl methyl sites for hydroxylation is 1. The minimum absolute atomic E-state index is 0.0505. The zero-order valence-electron chi connectivity index (χ0n) is 35.9. The van der Waals surface area contributed by atoms with Crippen molar-refractivity contribution in [2.24, 2.45) is 5.14 Å². The van der Waals surface area contributed by atoms with Crippen LogP contribution in [0.2, 0.25) is 0 Å². The van der Waals surface area contributed by atoms with Gasteiger partial charge in [0.2, 0.25) is 33.7 Å². The number of amides is 5. The third kappa shape index (κ3) is 10.2. The number of imide groups is 2. The van der Waals surface area contributed by atoms with Crippen LogP contribution in [0.1, 0.15) is 92.4 Å². The predicted molar refractivity (Wildman–Crippen MR) is 238 cm³/mol. The van der Waals surface area contributed by atoms with Gasteiger partial charge in [0.15, 0.2) is 0 Å². The van der Waals surface area contributed by atoms with Crippen LogP contribution in [0.3, 0.4) is 0 Å². The number of aromatic nitrogens is 2.